The second-order valence-electron chi connectivity index (χ2n) is 5.01. The standard InChI is InChI=1S/C12H15BrN2O4S/c13-10-5-9(15(17)18)6-14(11(10)16)7-12(8-20)1-3-19-4-2-12/h5-6,20H,1-4,7-8H2. The molecule has 0 atom stereocenters. The third-order valence-electron chi connectivity index (χ3n) is 3.63. The van der Waals surface area contributed by atoms with E-state index >= 15 is 0 Å². The molecule has 1 fully saturated rings. The lowest BCUT2D eigenvalue weighted by Crippen LogP contribution is -2.38. The Morgan fingerprint density at radius 2 is 2.15 bits per heavy atom. The van der Waals surface area contributed by atoms with Crippen LogP contribution in [0.4, 0.5) is 5.69 Å². The van der Waals surface area contributed by atoms with Crippen molar-refractivity contribution in [3.63, 3.8) is 0 Å². The zero-order chi connectivity index (χ0) is 14.8. The first-order valence-corrected chi connectivity index (χ1v) is 7.63. The van der Waals surface area contributed by atoms with Gasteiger partial charge in [0.15, 0.2) is 0 Å². The number of hydrogen-bond acceptors (Lipinski definition) is 5. The van der Waals surface area contributed by atoms with E-state index in [-0.39, 0.29) is 21.1 Å². The molecule has 1 aromatic rings. The van der Waals surface area contributed by atoms with Gasteiger partial charge in [0, 0.05) is 31.2 Å². The fourth-order valence-electron chi connectivity index (χ4n) is 2.33. The number of thiol groups is 1. The van der Waals surface area contributed by atoms with Gasteiger partial charge in [0.25, 0.3) is 11.2 Å². The minimum atomic E-state index is -0.502. The molecule has 8 heteroatoms. The minimum absolute atomic E-state index is 0.0992. The molecule has 0 saturated carbocycles. The molecular weight excluding hydrogens is 348 g/mol. The Labute approximate surface area is 129 Å². The fraction of sp³-hybridized carbons (Fsp3) is 0.583. The summed E-state index contributed by atoms with van der Waals surface area (Å²) >= 11 is 7.48. The maximum atomic E-state index is 12.1. The Morgan fingerprint density at radius 3 is 2.70 bits per heavy atom. The van der Waals surface area contributed by atoms with Gasteiger partial charge in [-0.3, -0.25) is 14.9 Å². The number of pyridine rings is 1. The van der Waals surface area contributed by atoms with Crippen LogP contribution >= 0.6 is 28.6 Å². The van der Waals surface area contributed by atoms with E-state index < -0.39 is 4.92 Å². The first-order valence-electron chi connectivity index (χ1n) is 6.20. The first-order chi connectivity index (χ1) is 9.47. The predicted octanol–water partition coefficient (Wildman–Crippen LogP) is 2.25. The van der Waals surface area contributed by atoms with E-state index in [0.29, 0.717) is 25.5 Å². The molecule has 1 saturated heterocycles. The molecule has 0 bridgehead atoms. The largest absolute Gasteiger partial charge is 0.381 e. The van der Waals surface area contributed by atoms with E-state index in [2.05, 4.69) is 28.6 Å². The van der Waals surface area contributed by atoms with E-state index in [9.17, 15) is 14.9 Å². The lowest BCUT2D eigenvalue weighted by Gasteiger charge is -2.36. The van der Waals surface area contributed by atoms with E-state index in [4.69, 9.17) is 4.74 Å². The molecule has 1 aliphatic rings. The molecule has 0 unspecified atom stereocenters. The van der Waals surface area contributed by atoms with Gasteiger partial charge in [-0.15, -0.1) is 0 Å². The number of rotatable bonds is 4. The van der Waals surface area contributed by atoms with Gasteiger partial charge in [-0.1, -0.05) is 0 Å². The summed E-state index contributed by atoms with van der Waals surface area (Å²) in [5, 5.41) is 10.9. The molecule has 6 nitrogen and oxygen atoms in total. The van der Waals surface area contributed by atoms with Gasteiger partial charge >= 0.3 is 0 Å². The third kappa shape index (κ3) is 3.24. The number of ether oxygens (including phenoxy) is 1. The van der Waals surface area contributed by atoms with Crippen molar-refractivity contribution in [3.05, 3.63) is 37.2 Å². The van der Waals surface area contributed by atoms with E-state index in [1.165, 1.54) is 16.8 Å². The van der Waals surface area contributed by atoms with Crippen LogP contribution in [0.5, 0.6) is 0 Å². The smallest absolute Gasteiger partial charge is 0.286 e. The molecule has 1 aromatic heterocycles. The molecule has 1 aliphatic heterocycles. The molecule has 20 heavy (non-hydrogen) atoms. The SMILES string of the molecule is O=c1c(Br)cc([N+](=O)[O-])cn1CC1(CS)CCOCC1. The second-order valence-corrected chi connectivity index (χ2v) is 6.18. The second kappa shape index (κ2) is 6.28. The summed E-state index contributed by atoms with van der Waals surface area (Å²) in [7, 11) is 0. The molecule has 0 radical (unpaired) electrons. The number of halogens is 1. The van der Waals surface area contributed by atoms with E-state index in [1.807, 2.05) is 0 Å². The summed E-state index contributed by atoms with van der Waals surface area (Å²) < 4.78 is 6.95. The zero-order valence-electron chi connectivity index (χ0n) is 10.7. The van der Waals surface area contributed by atoms with Crippen molar-refractivity contribution < 1.29 is 9.66 Å². The third-order valence-corrected chi connectivity index (χ3v) is 4.87. The number of aromatic nitrogens is 1. The fourth-order valence-corrected chi connectivity index (χ4v) is 3.21. The first kappa shape index (κ1) is 15.5. The molecule has 110 valence electrons. The highest BCUT2D eigenvalue weighted by molar-refractivity contribution is 9.10. The number of hydrogen-bond donors (Lipinski definition) is 1. The van der Waals surface area contributed by atoms with Crippen LogP contribution in [0, 0.1) is 15.5 Å². The molecule has 2 heterocycles. The van der Waals surface area contributed by atoms with Crippen LogP contribution < -0.4 is 5.56 Å². The minimum Gasteiger partial charge on any atom is -0.381 e. The zero-order valence-corrected chi connectivity index (χ0v) is 13.2. The average Bonchev–Trinajstić information content (AvgIpc) is 2.44. The summed E-state index contributed by atoms with van der Waals surface area (Å²) in [6.45, 7) is 1.68. The van der Waals surface area contributed by atoms with Crippen molar-refractivity contribution in [1.29, 1.82) is 0 Å². The molecule has 0 N–H and O–H groups in total. The van der Waals surface area contributed by atoms with E-state index in [0.717, 1.165) is 12.8 Å². The maximum Gasteiger partial charge on any atom is 0.286 e. The molecule has 0 spiro atoms. The summed E-state index contributed by atoms with van der Waals surface area (Å²) in [6, 6.07) is 1.23. The van der Waals surface area contributed by atoms with Gasteiger partial charge < -0.3 is 9.30 Å². The van der Waals surface area contributed by atoms with Gasteiger partial charge in [-0.25, -0.2) is 0 Å². The summed E-state index contributed by atoms with van der Waals surface area (Å²) in [4.78, 5) is 22.5. The van der Waals surface area contributed by atoms with E-state index in [1.54, 1.807) is 0 Å². The number of nitro groups is 1. The molecule has 0 aliphatic carbocycles. The Morgan fingerprint density at radius 1 is 1.50 bits per heavy atom. The highest BCUT2D eigenvalue weighted by Crippen LogP contribution is 2.33. The Kier molecular flexibility index (Phi) is 4.87. The van der Waals surface area contributed by atoms with Gasteiger partial charge in [-0.05, 0) is 34.5 Å². The van der Waals surface area contributed by atoms with Crippen LogP contribution in [0.25, 0.3) is 0 Å². The van der Waals surface area contributed by atoms with Crippen molar-refractivity contribution in [3.8, 4) is 0 Å². The van der Waals surface area contributed by atoms with Crippen LogP contribution in [-0.2, 0) is 11.3 Å². The molecule has 0 aromatic carbocycles. The quantitative estimate of drug-likeness (QED) is 0.506. The monoisotopic (exact) mass is 362 g/mol. The molecule has 0 amide bonds. The van der Waals surface area contributed by atoms with Crippen molar-refractivity contribution in [2.75, 3.05) is 19.0 Å². The van der Waals surface area contributed by atoms with Crippen molar-refractivity contribution in [2.24, 2.45) is 5.41 Å². The lowest BCUT2D eigenvalue weighted by atomic mass is 9.82. The van der Waals surface area contributed by atoms with Crippen molar-refractivity contribution in [1.82, 2.24) is 4.57 Å². The van der Waals surface area contributed by atoms with Gasteiger partial charge in [0.1, 0.15) is 0 Å². The Hall–Kier alpha value is -0.860. The maximum absolute atomic E-state index is 12.1. The van der Waals surface area contributed by atoms with Crippen molar-refractivity contribution >= 4 is 34.2 Å². The lowest BCUT2D eigenvalue weighted by molar-refractivity contribution is -0.385. The molecular formula is C12H15BrN2O4S. The topological polar surface area (TPSA) is 74.4 Å². The number of nitrogens with zero attached hydrogens (tertiary/aromatic N) is 2. The molecule has 2 rings (SSSR count). The Balaban J connectivity index is 2.36. The van der Waals surface area contributed by atoms with Crippen LogP contribution in [-0.4, -0.2) is 28.5 Å². The summed E-state index contributed by atoms with van der Waals surface area (Å²) in [6.07, 6.45) is 2.89. The summed E-state index contributed by atoms with van der Waals surface area (Å²) in [5.74, 6) is 0.614. The van der Waals surface area contributed by atoms with Gasteiger partial charge in [0.2, 0.25) is 0 Å². The van der Waals surface area contributed by atoms with Crippen LogP contribution in [0.15, 0.2) is 21.5 Å². The Bertz CT molecular complexity index is 569. The average molecular weight is 363 g/mol. The highest BCUT2D eigenvalue weighted by Gasteiger charge is 2.32. The van der Waals surface area contributed by atoms with Crippen LogP contribution in [0.2, 0.25) is 0 Å². The predicted molar refractivity (Wildman–Crippen MR) is 81.4 cm³/mol. The van der Waals surface area contributed by atoms with Crippen LogP contribution in [0.1, 0.15) is 12.8 Å². The van der Waals surface area contributed by atoms with Gasteiger partial charge in [0.05, 0.1) is 15.6 Å². The summed E-state index contributed by atoms with van der Waals surface area (Å²) in [5.41, 5.74) is -0.513. The van der Waals surface area contributed by atoms with Crippen LogP contribution in [0.3, 0.4) is 0 Å². The van der Waals surface area contributed by atoms with Gasteiger partial charge in [-0.2, -0.15) is 12.6 Å². The normalized spacial score (nSPS) is 17.9. The van der Waals surface area contributed by atoms with Crippen molar-refractivity contribution in [2.45, 2.75) is 19.4 Å². The highest BCUT2D eigenvalue weighted by atomic mass is 79.9.